The van der Waals surface area contributed by atoms with Crippen LogP contribution in [-0.4, -0.2) is 37.2 Å². The van der Waals surface area contributed by atoms with Crippen LogP contribution in [0.15, 0.2) is 111 Å². The van der Waals surface area contributed by atoms with Gasteiger partial charge in [-0.1, -0.05) is 58.0 Å². The number of aromatic amines is 1. The Labute approximate surface area is 309 Å². The van der Waals surface area contributed by atoms with Crippen molar-refractivity contribution in [3.63, 3.8) is 0 Å². The Kier molecular flexibility index (Phi) is 8.26. The number of ether oxygens (including phenoxy) is 1. The summed E-state index contributed by atoms with van der Waals surface area (Å²) in [5.41, 5.74) is 9.01. The van der Waals surface area contributed by atoms with E-state index < -0.39 is 5.63 Å². The highest BCUT2D eigenvalue weighted by molar-refractivity contribution is 5.91. The lowest BCUT2D eigenvalue weighted by molar-refractivity contribution is 0.332. The normalized spacial score (nSPS) is 18.5. The Bertz CT molecular complexity index is 2510. The summed E-state index contributed by atoms with van der Waals surface area (Å²) in [7, 11) is 4.02. The first kappa shape index (κ1) is 34.0. The number of allylic oxidation sites excluding steroid dienone is 5. The van der Waals surface area contributed by atoms with Crippen LogP contribution >= 0.6 is 0 Å². The van der Waals surface area contributed by atoms with Crippen LogP contribution in [0.4, 0.5) is 11.4 Å². The van der Waals surface area contributed by atoms with E-state index in [-0.39, 0.29) is 10.8 Å². The molecule has 0 spiro atoms. The molecule has 0 saturated heterocycles. The minimum Gasteiger partial charge on any atom is -0.457 e. The molecule has 5 aromatic rings. The molecule has 3 aromatic carbocycles. The van der Waals surface area contributed by atoms with Crippen LogP contribution in [0.2, 0.25) is 0 Å². The summed E-state index contributed by atoms with van der Waals surface area (Å²) in [5.74, 6) is 1.49. The molecule has 0 bridgehead atoms. The molecule has 266 valence electrons. The molecule has 0 unspecified atom stereocenters. The highest BCUT2D eigenvalue weighted by Crippen LogP contribution is 2.51. The van der Waals surface area contributed by atoms with E-state index in [1.165, 1.54) is 11.3 Å². The first-order valence-electron chi connectivity index (χ1n) is 18.1. The van der Waals surface area contributed by atoms with Gasteiger partial charge < -0.3 is 23.9 Å². The molecule has 8 nitrogen and oxygen atoms in total. The van der Waals surface area contributed by atoms with Gasteiger partial charge in [0.1, 0.15) is 22.9 Å². The van der Waals surface area contributed by atoms with Crippen LogP contribution in [0.25, 0.3) is 44.7 Å². The second-order valence-electron chi connectivity index (χ2n) is 15.7. The van der Waals surface area contributed by atoms with E-state index in [4.69, 9.17) is 20.7 Å². The lowest BCUT2D eigenvalue weighted by atomic mass is 9.69. The molecular formula is C45H43N5O3. The van der Waals surface area contributed by atoms with Gasteiger partial charge in [-0.25, -0.2) is 14.6 Å². The molecule has 0 radical (unpaired) electrons. The fraction of sp³-hybridized carbons (Fsp3) is 0.267. The zero-order valence-electron chi connectivity index (χ0n) is 31.1. The van der Waals surface area contributed by atoms with Crippen LogP contribution in [0.3, 0.4) is 0 Å². The van der Waals surface area contributed by atoms with Crippen molar-refractivity contribution in [3.8, 4) is 0 Å². The number of para-hydroxylation sites is 2. The summed E-state index contributed by atoms with van der Waals surface area (Å²) in [5, 5.41) is 0.922. The number of aromatic nitrogens is 2. The summed E-state index contributed by atoms with van der Waals surface area (Å²) < 4.78 is 12.6. The highest BCUT2D eigenvalue weighted by Gasteiger charge is 2.42. The van der Waals surface area contributed by atoms with Gasteiger partial charge in [-0.15, -0.1) is 0 Å². The molecule has 3 aliphatic rings. The third-order valence-electron chi connectivity index (χ3n) is 10.9. The molecule has 8 heteroatoms. The van der Waals surface area contributed by atoms with Gasteiger partial charge in [-0.2, -0.15) is 0 Å². The van der Waals surface area contributed by atoms with Crippen molar-refractivity contribution in [2.45, 2.75) is 51.4 Å². The molecule has 3 aliphatic heterocycles. The molecule has 8 rings (SSSR count). The Morgan fingerprint density at radius 1 is 0.925 bits per heavy atom. The van der Waals surface area contributed by atoms with Crippen molar-refractivity contribution in [2.75, 3.05) is 37.0 Å². The second-order valence-corrected chi connectivity index (χ2v) is 15.7. The molecule has 0 amide bonds. The zero-order valence-corrected chi connectivity index (χ0v) is 31.1. The van der Waals surface area contributed by atoms with Gasteiger partial charge in [0.15, 0.2) is 0 Å². The largest absolute Gasteiger partial charge is 0.457 e. The minimum atomic E-state index is -0.402. The van der Waals surface area contributed by atoms with Crippen molar-refractivity contribution >= 4 is 51.2 Å². The van der Waals surface area contributed by atoms with E-state index in [0.29, 0.717) is 39.8 Å². The molecule has 0 saturated carbocycles. The third-order valence-corrected chi connectivity index (χ3v) is 10.9. The number of hydrogen-bond acceptors (Lipinski definition) is 6. The van der Waals surface area contributed by atoms with Crippen molar-refractivity contribution in [1.82, 2.24) is 9.97 Å². The number of imidazole rings is 1. The molecule has 0 aliphatic carbocycles. The highest BCUT2D eigenvalue weighted by atomic mass is 16.5. The monoisotopic (exact) mass is 701 g/mol. The van der Waals surface area contributed by atoms with E-state index in [9.17, 15) is 4.79 Å². The second kappa shape index (κ2) is 12.9. The van der Waals surface area contributed by atoms with E-state index in [0.717, 1.165) is 59.2 Å². The topological polar surface area (TPSA) is 79.0 Å². The Morgan fingerprint density at radius 3 is 2.32 bits per heavy atom. The van der Waals surface area contributed by atoms with Crippen molar-refractivity contribution in [2.24, 2.45) is 0 Å². The summed E-state index contributed by atoms with van der Waals surface area (Å²) >= 11 is 0. The standard InChI is InChI=1S/C45H43N5O3/c1-44(2)20-22-50-23-21-45(3,4)38-40(50)35(44)27-31-24-29(43(51)53-41(31)38)15-19-34-26-30(39(46-5)42-47-36-10-8-9-11-37(36)48-42)25-33(52-34)18-14-28-12-16-32(17-13-28)49(6)7/h8-19,24-27H,20-23H2,1-4,6-7H3,(H,47,48)/b18-14+,19-15?,39-30?. The van der Waals surface area contributed by atoms with Gasteiger partial charge in [0.25, 0.3) is 0 Å². The molecule has 53 heavy (non-hydrogen) atoms. The fourth-order valence-corrected chi connectivity index (χ4v) is 7.68. The number of rotatable bonds is 6. The molecule has 5 heterocycles. The number of benzene rings is 3. The molecule has 0 fully saturated rings. The van der Waals surface area contributed by atoms with Gasteiger partial charge in [0.2, 0.25) is 5.70 Å². The molecule has 0 atom stereocenters. The van der Waals surface area contributed by atoms with Crippen molar-refractivity contribution < 1.29 is 9.15 Å². The van der Waals surface area contributed by atoms with E-state index >= 15 is 0 Å². The maximum Gasteiger partial charge on any atom is 0.343 e. The maximum atomic E-state index is 13.7. The predicted octanol–water partition coefficient (Wildman–Crippen LogP) is 9.76. The fourth-order valence-electron chi connectivity index (χ4n) is 7.68. The van der Waals surface area contributed by atoms with Gasteiger partial charge in [-0.05, 0) is 107 Å². The number of nitrogens with zero attached hydrogens (tertiary/aromatic N) is 4. The maximum absolute atomic E-state index is 13.7. The molecule has 1 N–H and O–H groups in total. The quantitative estimate of drug-likeness (QED) is 0.140. The van der Waals surface area contributed by atoms with Crippen LogP contribution in [-0.2, 0) is 15.6 Å². The van der Waals surface area contributed by atoms with Crippen molar-refractivity contribution in [3.05, 3.63) is 152 Å². The Hall–Kier alpha value is -6.07. The smallest absolute Gasteiger partial charge is 0.343 e. The predicted molar refractivity (Wildman–Crippen MR) is 216 cm³/mol. The van der Waals surface area contributed by atoms with Crippen LogP contribution in [0.1, 0.15) is 68.6 Å². The third kappa shape index (κ3) is 6.27. The number of fused-ring (bicyclic) bond motifs is 3. The van der Waals surface area contributed by atoms with Gasteiger partial charge in [-0.3, -0.25) is 0 Å². The van der Waals surface area contributed by atoms with Crippen LogP contribution in [0, 0.1) is 6.57 Å². The molecule has 2 aromatic heterocycles. The zero-order chi connectivity index (χ0) is 37.1. The Morgan fingerprint density at radius 2 is 1.62 bits per heavy atom. The number of hydrogen-bond donors (Lipinski definition) is 1. The van der Waals surface area contributed by atoms with Crippen molar-refractivity contribution in [1.29, 1.82) is 0 Å². The SMILES string of the molecule is [C-]#[N+]C(=C1C=C(C=Cc2cc3cc4c5c(c3oc2=O)C(C)(C)CCN5CCC4(C)C)OC(/C=C/c2ccc(N(C)C)cc2)=C1)c1nc2ccccc2[nH]1. The van der Waals surface area contributed by atoms with E-state index in [1.807, 2.05) is 80.9 Å². The minimum absolute atomic E-state index is 0.00289. The van der Waals surface area contributed by atoms with E-state index in [2.05, 4.69) is 65.5 Å². The first-order valence-corrected chi connectivity index (χ1v) is 18.1. The summed E-state index contributed by atoms with van der Waals surface area (Å²) in [6, 6.07) is 20.1. The average Bonchev–Trinajstić information content (AvgIpc) is 3.56. The average molecular weight is 702 g/mol. The van der Waals surface area contributed by atoms with Crippen LogP contribution < -0.4 is 15.4 Å². The number of H-pyrrole nitrogens is 1. The van der Waals surface area contributed by atoms with Gasteiger partial charge in [0.05, 0.1) is 23.2 Å². The first-order chi connectivity index (χ1) is 25.4. The lowest BCUT2D eigenvalue weighted by Gasteiger charge is -2.48. The summed E-state index contributed by atoms with van der Waals surface area (Å²) in [4.78, 5) is 30.1. The van der Waals surface area contributed by atoms with E-state index in [1.54, 1.807) is 12.2 Å². The number of anilines is 2. The van der Waals surface area contributed by atoms with Crippen LogP contribution in [0.5, 0.6) is 0 Å². The Balaban J connectivity index is 1.20. The summed E-state index contributed by atoms with van der Waals surface area (Å²) in [6.07, 6.45) is 13.1. The lowest BCUT2D eigenvalue weighted by Crippen LogP contribution is -2.44. The molecular weight excluding hydrogens is 659 g/mol. The summed E-state index contributed by atoms with van der Waals surface area (Å²) in [6.45, 7) is 19.3. The number of nitrogens with one attached hydrogen (secondary N) is 1. The van der Waals surface area contributed by atoms with Gasteiger partial charge in [0, 0.05) is 49.5 Å². The van der Waals surface area contributed by atoms with Gasteiger partial charge >= 0.3 is 5.63 Å².